The second-order valence-electron chi connectivity index (χ2n) is 1.75. The van der Waals surface area contributed by atoms with E-state index in [2.05, 4.69) is 21.0 Å². The van der Waals surface area contributed by atoms with Crippen LogP contribution in [0.25, 0.3) is 0 Å². The highest BCUT2D eigenvalue weighted by Gasteiger charge is 2.29. The summed E-state index contributed by atoms with van der Waals surface area (Å²) in [5.41, 5.74) is 0. The number of aromatic nitrogens is 2. The third-order valence-electron chi connectivity index (χ3n) is 1.00. The van der Waals surface area contributed by atoms with E-state index in [0.29, 0.717) is 4.68 Å². The molecule has 0 aliphatic heterocycles. The fourth-order valence-electron chi connectivity index (χ4n) is 0.524. The molecule has 0 saturated heterocycles. The van der Waals surface area contributed by atoms with Gasteiger partial charge in [-0.2, -0.15) is 13.9 Å². The van der Waals surface area contributed by atoms with Crippen LogP contribution in [0.2, 0.25) is 0 Å². The van der Waals surface area contributed by atoms with Gasteiger partial charge in [-0.05, 0) is 6.07 Å². The van der Waals surface area contributed by atoms with E-state index in [-0.39, 0.29) is 0 Å². The molecule has 0 aromatic carbocycles. The van der Waals surface area contributed by atoms with Gasteiger partial charge in [-0.1, -0.05) is 15.9 Å². The largest absolute Gasteiger partial charge is 0.353 e. The highest BCUT2D eigenvalue weighted by Crippen LogP contribution is 2.21. The molecule has 0 aliphatic carbocycles. The molecule has 0 spiro atoms. The minimum absolute atomic E-state index is 0.415. The molecule has 0 amide bonds. The van der Waals surface area contributed by atoms with Gasteiger partial charge in [0, 0.05) is 12.4 Å². The van der Waals surface area contributed by atoms with Crippen LogP contribution < -0.4 is 0 Å². The van der Waals surface area contributed by atoms with Gasteiger partial charge in [-0.3, -0.25) is 0 Å². The molecule has 1 rings (SSSR count). The van der Waals surface area contributed by atoms with Crippen molar-refractivity contribution in [1.82, 2.24) is 9.78 Å². The van der Waals surface area contributed by atoms with E-state index in [4.69, 9.17) is 0 Å². The SMILES string of the molecule is FC(F)(CBr)n1cccn1. The van der Waals surface area contributed by atoms with Crippen molar-refractivity contribution in [1.29, 1.82) is 0 Å². The zero-order chi connectivity index (χ0) is 7.61. The summed E-state index contributed by atoms with van der Waals surface area (Å²) in [6.45, 7) is 0. The lowest BCUT2D eigenvalue weighted by atomic mass is 10.6. The van der Waals surface area contributed by atoms with Gasteiger partial charge >= 0.3 is 6.05 Å². The molecule has 0 fully saturated rings. The van der Waals surface area contributed by atoms with E-state index in [1.165, 1.54) is 18.5 Å². The minimum Gasteiger partial charge on any atom is -0.208 e. The number of halogens is 3. The van der Waals surface area contributed by atoms with Crippen LogP contribution in [0.15, 0.2) is 18.5 Å². The van der Waals surface area contributed by atoms with Gasteiger partial charge in [-0.15, -0.1) is 0 Å². The number of hydrogen-bond acceptors (Lipinski definition) is 1. The second-order valence-corrected chi connectivity index (χ2v) is 2.31. The van der Waals surface area contributed by atoms with Gasteiger partial charge in [0.15, 0.2) is 0 Å². The maximum Gasteiger partial charge on any atom is 0.353 e. The fourth-order valence-corrected chi connectivity index (χ4v) is 0.780. The van der Waals surface area contributed by atoms with Crippen molar-refractivity contribution in [2.24, 2.45) is 0 Å². The summed E-state index contributed by atoms with van der Waals surface area (Å²) >= 11 is 2.68. The summed E-state index contributed by atoms with van der Waals surface area (Å²) in [5, 5.41) is 2.98. The van der Waals surface area contributed by atoms with Crippen LogP contribution in [0.3, 0.4) is 0 Å². The summed E-state index contributed by atoms with van der Waals surface area (Å²) in [5.74, 6) is 0. The highest BCUT2D eigenvalue weighted by atomic mass is 79.9. The Morgan fingerprint density at radius 3 is 2.70 bits per heavy atom. The van der Waals surface area contributed by atoms with Crippen molar-refractivity contribution in [3.63, 3.8) is 0 Å². The van der Waals surface area contributed by atoms with Gasteiger partial charge in [0.1, 0.15) is 0 Å². The van der Waals surface area contributed by atoms with Crippen LogP contribution >= 0.6 is 15.9 Å². The molecule has 1 aromatic heterocycles. The Bertz CT molecular complexity index is 197. The standard InChI is InChI=1S/C5H5BrF2N2/c6-4-5(7,8)10-3-1-2-9-10/h1-3H,4H2. The van der Waals surface area contributed by atoms with Crippen LogP contribution in [-0.4, -0.2) is 15.1 Å². The van der Waals surface area contributed by atoms with Crippen molar-refractivity contribution in [3.8, 4) is 0 Å². The number of alkyl halides is 3. The van der Waals surface area contributed by atoms with Gasteiger partial charge in [-0.25, -0.2) is 4.68 Å². The molecular weight excluding hydrogens is 206 g/mol. The van der Waals surface area contributed by atoms with Gasteiger partial charge in [0.25, 0.3) is 0 Å². The minimum atomic E-state index is -2.91. The van der Waals surface area contributed by atoms with E-state index in [0.717, 1.165) is 0 Å². The quantitative estimate of drug-likeness (QED) is 0.682. The zero-order valence-electron chi connectivity index (χ0n) is 4.97. The number of nitrogens with zero attached hydrogens (tertiary/aromatic N) is 2. The van der Waals surface area contributed by atoms with Crippen LogP contribution in [0.4, 0.5) is 8.78 Å². The number of rotatable bonds is 2. The summed E-state index contributed by atoms with van der Waals surface area (Å²) in [6, 6.07) is -1.46. The highest BCUT2D eigenvalue weighted by molar-refractivity contribution is 9.09. The molecule has 0 unspecified atom stereocenters. The number of hydrogen-bond donors (Lipinski definition) is 0. The van der Waals surface area contributed by atoms with Crippen molar-refractivity contribution in [2.45, 2.75) is 6.05 Å². The maximum absolute atomic E-state index is 12.6. The second kappa shape index (κ2) is 2.65. The molecule has 0 radical (unpaired) electrons. The lowest BCUT2D eigenvalue weighted by Crippen LogP contribution is -2.24. The first-order chi connectivity index (χ1) is 4.67. The first kappa shape index (κ1) is 7.65. The predicted octanol–water partition coefficient (Wildman–Crippen LogP) is 1.83. The van der Waals surface area contributed by atoms with Gasteiger partial charge in [0.05, 0.1) is 5.33 Å². The van der Waals surface area contributed by atoms with E-state index in [1.807, 2.05) is 0 Å². The van der Waals surface area contributed by atoms with E-state index >= 15 is 0 Å². The van der Waals surface area contributed by atoms with Crippen molar-refractivity contribution < 1.29 is 8.78 Å². The van der Waals surface area contributed by atoms with Gasteiger partial charge in [0.2, 0.25) is 0 Å². The Morgan fingerprint density at radius 1 is 1.60 bits per heavy atom. The monoisotopic (exact) mass is 210 g/mol. The summed E-state index contributed by atoms with van der Waals surface area (Å²) in [4.78, 5) is 0. The molecule has 2 nitrogen and oxygen atoms in total. The Hall–Kier alpha value is -0.450. The van der Waals surface area contributed by atoms with Crippen LogP contribution in [0.1, 0.15) is 0 Å². The lowest BCUT2D eigenvalue weighted by Gasteiger charge is -2.12. The van der Waals surface area contributed by atoms with Crippen molar-refractivity contribution >= 4 is 15.9 Å². The Morgan fingerprint density at radius 2 is 2.30 bits per heavy atom. The molecule has 10 heavy (non-hydrogen) atoms. The average Bonchev–Trinajstić information content (AvgIpc) is 2.38. The van der Waals surface area contributed by atoms with E-state index in [1.54, 1.807) is 0 Å². The Balaban J connectivity index is 2.85. The molecule has 56 valence electrons. The van der Waals surface area contributed by atoms with Crippen molar-refractivity contribution in [3.05, 3.63) is 18.5 Å². The van der Waals surface area contributed by atoms with Crippen LogP contribution in [0, 0.1) is 0 Å². The molecule has 0 bridgehead atoms. The zero-order valence-corrected chi connectivity index (χ0v) is 6.55. The van der Waals surface area contributed by atoms with Crippen LogP contribution in [0.5, 0.6) is 0 Å². The lowest BCUT2D eigenvalue weighted by molar-refractivity contribution is -0.0656. The summed E-state index contributed by atoms with van der Waals surface area (Å²) in [7, 11) is 0. The first-order valence-corrected chi connectivity index (χ1v) is 3.73. The topological polar surface area (TPSA) is 17.8 Å². The Labute approximate surface area is 65.0 Å². The van der Waals surface area contributed by atoms with Crippen molar-refractivity contribution in [2.75, 3.05) is 5.33 Å². The molecular formula is C5H5BrF2N2. The molecule has 1 aromatic rings. The van der Waals surface area contributed by atoms with Gasteiger partial charge < -0.3 is 0 Å². The average molecular weight is 211 g/mol. The smallest absolute Gasteiger partial charge is 0.208 e. The first-order valence-electron chi connectivity index (χ1n) is 2.61. The summed E-state index contributed by atoms with van der Waals surface area (Å²) < 4.78 is 25.8. The molecule has 0 N–H and O–H groups in total. The molecule has 5 heteroatoms. The normalized spacial score (nSPS) is 11.9. The maximum atomic E-state index is 12.6. The van der Waals surface area contributed by atoms with E-state index < -0.39 is 11.4 Å². The fraction of sp³-hybridized carbons (Fsp3) is 0.400. The van der Waals surface area contributed by atoms with E-state index in [9.17, 15) is 8.78 Å². The Kier molecular flexibility index (Phi) is 2.03. The third-order valence-corrected chi connectivity index (χ3v) is 1.68. The predicted molar refractivity (Wildman–Crippen MR) is 36.2 cm³/mol. The van der Waals surface area contributed by atoms with Crippen LogP contribution in [-0.2, 0) is 6.05 Å². The molecule has 0 aliphatic rings. The molecule has 0 saturated carbocycles. The third kappa shape index (κ3) is 1.34. The molecule has 1 heterocycles. The molecule has 0 atom stereocenters. The summed E-state index contributed by atoms with van der Waals surface area (Å²) in [6.07, 6.45) is 2.54.